The minimum atomic E-state index is -0.314. The molecule has 1 heterocycles. The normalized spacial score (nSPS) is 23.5. The van der Waals surface area contributed by atoms with Gasteiger partial charge >= 0.3 is 5.97 Å². The molecule has 1 aliphatic rings. The van der Waals surface area contributed by atoms with Gasteiger partial charge in [0.2, 0.25) is 0 Å². The first-order valence-corrected chi connectivity index (χ1v) is 6.57. The van der Waals surface area contributed by atoms with Gasteiger partial charge in [-0.1, -0.05) is 26.2 Å². The van der Waals surface area contributed by atoms with Crippen molar-refractivity contribution in [1.29, 1.82) is 0 Å². The summed E-state index contributed by atoms with van der Waals surface area (Å²) in [6.07, 6.45) is 4.47. The van der Waals surface area contributed by atoms with Crippen LogP contribution < -0.4 is 0 Å². The molecule has 1 rings (SSSR count). The quantitative estimate of drug-likeness (QED) is 0.399. The summed E-state index contributed by atoms with van der Waals surface area (Å²) in [6.45, 7) is 7.32. The molecule has 0 aromatic carbocycles. The highest BCUT2D eigenvalue weighted by molar-refractivity contribution is 5.79. The van der Waals surface area contributed by atoms with E-state index >= 15 is 0 Å². The van der Waals surface area contributed by atoms with Crippen LogP contribution in [-0.4, -0.2) is 47.3 Å². The van der Waals surface area contributed by atoms with E-state index in [4.69, 9.17) is 4.74 Å². The number of hydrogen-bond acceptors (Lipinski definition) is 4. The first-order chi connectivity index (χ1) is 8.03. The van der Waals surface area contributed by atoms with Crippen LogP contribution >= 0.6 is 0 Å². The van der Waals surface area contributed by atoms with Crippen molar-refractivity contribution in [2.45, 2.75) is 58.0 Å². The van der Waals surface area contributed by atoms with Gasteiger partial charge < -0.3 is 9.84 Å². The maximum absolute atomic E-state index is 11.7. The van der Waals surface area contributed by atoms with Crippen molar-refractivity contribution in [1.82, 2.24) is 4.90 Å². The van der Waals surface area contributed by atoms with Crippen LogP contribution in [0, 0.1) is 0 Å². The first kappa shape index (κ1) is 14.5. The predicted molar refractivity (Wildman–Crippen MR) is 66.8 cm³/mol. The SMILES string of the molecule is CCCCCCOC(=O)C1CN1C(C)(C)CO. The topological polar surface area (TPSA) is 49.5 Å². The van der Waals surface area contributed by atoms with Crippen LogP contribution in [0.1, 0.15) is 46.5 Å². The van der Waals surface area contributed by atoms with E-state index in [2.05, 4.69) is 6.92 Å². The van der Waals surface area contributed by atoms with Crippen LogP contribution in [0.2, 0.25) is 0 Å². The molecule has 4 heteroatoms. The van der Waals surface area contributed by atoms with Crippen LogP contribution in [0.25, 0.3) is 0 Å². The second-order valence-electron chi connectivity index (χ2n) is 5.37. The highest BCUT2D eigenvalue weighted by Gasteiger charge is 2.49. The summed E-state index contributed by atoms with van der Waals surface area (Å²) in [5.74, 6) is -0.136. The van der Waals surface area contributed by atoms with E-state index < -0.39 is 0 Å². The van der Waals surface area contributed by atoms with E-state index in [1.807, 2.05) is 18.7 Å². The molecular weight excluding hydrogens is 218 g/mol. The Morgan fingerprint density at radius 1 is 1.41 bits per heavy atom. The molecule has 0 amide bonds. The molecule has 0 spiro atoms. The van der Waals surface area contributed by atoms with Crippen molar-refractivity contribution >= 4 is 5.97 Å². The highest BCUT2D eigenvalue weighted by atomic mass is 16.5. The van der Waals surface area contributed by atoms with E-state index in [0.29, 0.717) is 13.2 Å². The molecule has 0 radical (unpaired) electrons. The summed E-state index contributed by atoms with van der Waals surface area (Å²) in [7, 11) is 0. The number of aliphatic hydroxyl groups excluding tert-OH is 1. The fourth-order valence-electron chi connectivity index (χ4n) is 1.90. The van der Waals surface area contributed by atoms with E-state index in [1.165, 1.54) is 12.8 Å². The van der Waals surface area contributed by atoms with Gasteiger partial charge in [-0.3, -0.25) is 9.69 Å². The molecule has 17 heavy (non-hydrogen) atoms. The standard InChI is InChI=1S/C13H25NO3/c1-4-5-6-7-8-17-12(16)11-9-14(11)13(2,3)10-15/h11,15H,4-10H2,1-3H3. The average Bonchev–Trinajstić information content (AvgIpc) is 3.09. The fraction of sp³-hybridized carbons (Fsp3) is 0.923. The van der Waals surface area contributed by atoms with Crippen LogP contribution in [0.15, 0.2) is 0 Å². The summed E-state index contributed by atoms with van der Waals surface area (Å²) >= 11 is 0. The van der Waals surface area contributed by atoms with Crippen LogP contribution in [0.5, 0.6) is 0 Å². The molecule has 0 aromatic heterocycles. The molecule has 1 saturated heterocycles. The van der Waals surface area contributed by atoms with Crippen molar-refractivity contribution in [3.63, 3.8) is 0 Å². The van der Waals surface area contributed by atoms with E-state index in [0.717, 1.165) is 12.8 Å². The van der Waals surface area contributed by atoms with E-state index in [1.54, 1.807) is 0 Å². The molecule has 4 nitrogen and oxygen atoms in total. The highest BCUT2D eigenvalue weighted by Crippen LogP contribution is 2.29. The smallest absolute Gasteiger partial charge is 0.324 e. The lowest BCUT2D eigenvalue weighted by atomic mass is 10.1. The average molecular weight is 243 g/mol. The zero-order valence-corrected chi connectivity index (χ0v) is 11.2. The molecule has 1 aliphatic heterocycles. The number of nitrogens with zero attached hydrogens (tertiary/aromatic N) is 1. The second-order valence-corrected chi connectivity index (χ2v) is 5.37. The second kappa shape index (κ2) is 6.36. The molecule has 2 unspecified atom stereocenters. The van der Waals surface area contributed by atoms with Crippen molar-refractivity contribution in [2.75, 3.05) is 19.8 Å². The number of unbranched alkanes of at least 4 members (excludes halogenated alkanes) is 3. The molecule has 2 atom stereocenters. The van der Waals surface area contributed by atoms with Gasteiger partial charge in [-0.15, -0.1) is 0 Å². The predicted octanol–water partition coefficient (Wildman–Crippen LogP) is 1.56. The number of ether oxygens (including phenoxy) is 1. The number of rotatable bonds is 8. The maximum Gasteiger partial charge on any atom is 0.324 e. The Morgan fingerprint density at radius 2 is 2.12 bits per heavy atom. The minimum Gasteiger partial charge on any atom is -0.464 e. The third kappa shape index (κ3) is 4.28. The lowest BCUT2D eigenvalue weighted by Crippen LogP contribution is -2.37. The van der Waals surface area contributed by atoms with Gasteiger partial charge in [-0.25, -0.2) is 0 Å². The van der Waals surface area contributed by atoms with Gasteiger partial charge in [0.15, 0.2) is 0 Å². The molecule has 0 aliphatic carbocycles. The minimum absolute atomic E-state index is 0.0628. The van der Waals surface area contributed by atoms with Gasteiger partial charge in [-0.05, 0) is 20.3 Å². The number of carbonyl (C=O) groups excluding carboxylic acids is 1. The van der Waals surface area contributed by atoms with Crippen molar-refractivity contribution < 1.29 is 14.6 Å². The largest absolute Gasteiger partial charge is 0.464 e. The third-order valence-corrected chi connectivity index (χ3v) is 3.29. The van der Waals surface area contributed by atoms with E-state index in [-0.39, 0.29) is 24.2 Å². The molecule has 0 aromatic rings. The number of aliphatic hydroxyl groups is 1. The fourth-order valence-corrected chi connectivity index (χ4v) is 1.90. The van der Waals surface area contributed by atoms with Crippen molar-refractivity contribution in [2.24, 2.45) is 0 Å². The zero-order valence-electron chi connectivity index (χ0n) is 11.2. The molecular formula is C13H25NO3. The van der Waals surface area contributed by atoms with E-state index in [9.17, 15) is 9.90 Å². The molecule has 1 N–H and O–H groups in total. The number of esters is 1. The summed E-state index contributed by atoms with van der Waals surface area (Å²) < 4.78 is 5.22. The summed E-state index contributed by atoms with van der Waals surface area (Å²) in [4.78, 5) is 13.6. The first-order valence-electron chi connectivity index (χ1n) is 6.57. The van der Waals surface area contributed by atoms with Gasteiger partial charge in [0.1, 0.15) is 6.04 Å². The molecule has 0 saturated carbocycles. The Labute approximate surface area is 104 Å². The molecule has 0 bridgehead atoms. The lowest BCUT2D eigenvalue weighted by Gasteiger charge is -2.23. The lowest BCUT2D eigenvalue weighted by molar-refractivity contribution is -0.144. The number of carbonyl (C=O) groups is 1. The molecule has 1 fully saturated rings. The van der Waals surface area contributed by atoms with Gasteiger partial charge in [0.05, 0.1) is 13.2 Å². The summed E-state index contributed by atoms with van der Waals surface area (Å²) in [5, 5.41) is 9.18. The Morgan fingerprint density at radius 3 is 2.71 bits per heavy atom. The Kier molecular flexibility index (Phi) is 5.40. The molecule has 100 valence electrons. The van der Waals surface area contributed by atoms with Crippen LogP contribution in [0.3, 0.4) is 0 Å². The van der Waals surface area contributed by atoms with Crippen LogP contribution in [-0.2, 0) is 9.53 Å². The third-order valence-electron chi connectivity index (χ3n) is 3.29. The van der Waals surface area contributed by atoms with Crippen LogP contribution in [0.4, 0.5) is 0 Å². The monoisotopic (exact) mass is 243 g/mol. The van der Waals surface area contributed by atoms with Gasteiger partial charge in [0, 0.05) is 12.1 Å². The number of hydrogen-bond donors (Lipinski definition) is 1. The Hall–Kier alpha value is -0.610. The van der Waals surface area contributed by atoms with Gasteiger partial charge in [-0.2, -0.15) is 0 Å². The van der Waals surface area contributed by atoms with Gasteiger partial charge in [0.25, 0.3) is 0 Å². The Bertz CT molecular complexity index is 253. The van der Waals surface area contributed by atoms with Crippen molar-refractivity contribution in [3.8, 4) is 0 Å². The Balaban J connectivity index is 2.15. The summed E-state index contributed by atoms with van der Waals surface area (Å²) in [6, 6.07) is -0.136. The maximum atomic E-state index is 11.7. The van der Waals surface area contributed by atoms with Crippen molar-refractivity contribution in [3.05, 3.63) is 0 Å². The zero-order chi connectivity index (χ0) is 12.9. The summed E-state index contributed by atoms with van der Waals surface area (Å²) in [5.41, 5.74) is -0.314.